The van der Waals surface area contributed by atoms with E-state index in [0.29, 0.717) is 5.69 Å². The van der Waals surface area contributed by atoms with Crippen molar-refractivity contribution in [2.75, 3.05) is 34.4 Å². The summed E-state index contributed by atoms with van der Waals surface area (Å²) >= 11 is 0. The van der Waals surface area contributed by atoms with Gasteiger partial charge in [-0.05, 0) is 12.1 Å². The second-order valence-corrected chi connectivity index (χ2v) is 11.1. The lowest BCUT2D eigenvalue weighted by Crippen LogP contribution is -2.29. The largest absolute Gasteiger partial charge is 0.477 e. The van der Waals surface area contributed by atoms with Crippen molar-refractivity contribution in [2.45, 2.75) is 19.8 Å². The zero-order valence-electron chi connectivity index (χ0n) is 27.8. The first-order valence-electron chi connectivity index (χ1n) is 15.0. The Labute approximate surface area is 284 Å². The highest BCUT2D eigenvalue weighted by Gasteiger charge is 2.20. The molecule has 50 heavy (non-hydrogen) atoms. The van der Waals surface area contributed by atoms with Crippen LogP contribution in [0.5, 0.6) is 0 Å². The van der Waals surface area contributed by atoms with Crippen LogP contribution in [-0.2, 0) is 42.6 Å². The molecule has 0 radical (unpaired) electrons. The Morgan fingerprint density at radius 1 is 0.600 bits per heavy atom. The second-order valence-electron chi connectivity index (χ2n) is 11.1. The molecule has 0 aliphatic rings. The average molecular weight is 693 g/mol. The van der Waals surface area contributed by atoms with Gasteiger partial charge in [-0.2, -0.15) is 0 Å². The Morgan fingerprint density at radius 3 is 1.48 bits per heavy atom. The van der Waals surface area contributed by atoms with Gasteiger partial charge in [0, 0.05) is 85.8 Å². The third-order valence-electron chi connectivity index (χ3n) is 7.03. The normalized spacial score (nSPS) is 10.7. The van der Waals surface area contributed by atoms with Crippen molar-refractivity contribution < 1.29 is 38.7 Å². The summed E-state index contributed by atoms with van der Waals surface area (Å²) < 4.78 is 5.65. The lowest BCUT2D eigenvalue weighted by molar-refractivity contribution is -0.119. The van der Waals surface area contributed by atoms with Gasteiger partial charge in [0.15, 0.2) is 11.6 Å². The number of imidazole rings is 2. The number of rotatable bonds is 14. The Bertz CT molecular complexity index is 1980. The topological polar surface area (TPSA) is 257 Å². The first-order chi connectivity index (χ1) is 23.6. The molecule has 0 saturated heterocycles. The van der Waals surface area contributed by atoms with Crippen LogP contribution in [-0.4, -0.2) is 87.8 Å². The van der Waals surface area contributed by atoms with Crippen molar-refractivity contribution in [1.82, 2.24) is 38.9 Å². The van der Waals surface area contributed by atoms with Gasteiger partial charge >= 0.3 is 5.97 Å². The number of amides is 6. The van der Waals surface area contributed by atoms with Crippen LogP contribution in [0.15, 0.2) is 36.9 Å². The smallest absolute Gasteiger partial charge is 0.352 e. The van der Waals surface area contributed by atoms with Gasteiger partial charge in [0.25, 0.3) is 17.7 Å². The van der Waals surface area contributed by atoms with Crippen LogP contribution < -0.4 is 31.9 Å². The lowest BCUT2D eigenvalue weighted by atomic mass is 10.3. The van der Waals surface area contributed by atoms with Gasteiger partial charge in [-0.25, -0.2) is 14.8 Å². The Morgan fingerprint density at radius 2 is 1.04 bits per heavy atom. The van der Waals surface area contributed by atoms with Gasteiger partial charge in [0.1, 0.15) is 11.4 Å². The van der Waals surface area contributed by atoms with Crippen LogP contribution in [0.25, 0.3) is 0 Å². The van der Waals surface area contributed by atoms with E-state index in [4.69, 9.17) is 0 Å². The molecular formula is C30H36N12O8. The molecule has 4 aromatic heterocycles. The van der Waals surface area contributed by atoms with E-state index in [2.05, 4.69) is 41.9 Å². The van der Waals surface area contributed by atoms with Gasteiger partial charge in [-0.3, -0.25) is 28.8 Å². The minimum atomic E-state index is -1.15. The molecule has 0 aromatic carbocycles. The van der Waals surface area contributed by atoms with E-state index in [9.17, 15) is 38.7 Å². The molecule has 0 aliphatic heterocycles. The number of carbonyl (C=O) groups excluding carboxylic acids is 6. The van der Waals surface area contributed by atoms with Crippen LogP contribution in [0.4, 0.5) is 23.0 Å². The molecule has 0 unspecified atom stereocenters. The number of aromatic carboxylic acids is 1. The van der Waals surface area contributed by atoms with Crippen molar-refractivity contribution >= 4 is 64.4 Å². The minimum Gasteiger partial charge on any atom is -0.477 e. The highest BCUT2D eigenvalue weighted by molar-refractivity contribution is 6.04. The van der Waals surface area contributed by atoms with E-state index in [-0.39, 0.29) is 72.2 Å². The summed E-state index contributed by atoms with van der Waals surface area (Å²) in [6.45, 7) is 1.46. The maximum Gasteiger partial charge on any atom is 0.352 e. The summed E-state index contributed by atoms with van der Waals surface area (Å²) in [5.74, 6) is -3.80. The molecule has 4 aromatic rings. The van der Waals surface area contributed by atoms with E-state index >= 15 is 0 Å². The molecule has 20 heteroatoms. The maximum absolute atomic E-state index is 12.9. The number of carbonyl (C=O) groups is 7. The number of carboxylic acids is 1. The second kappa shape index (κ2) is 15.4. The average Bonchev–Trinajstić information content (AvgIpc) is 3.78. The molecule has 0 bridgehead atoms. The van der Waals surface area contributed by atoms with Crippen molar-refractivity contribution in [3.05, 3.63) is 60.0 Å². The van der Waals surface area contributed by atoms with Gasteiger partial charge in [0.2, 0.25) is 29.4 Å². The molecule has 264 valence electrons. The summed E-state index contributed by atoms with van der Waals surface area (Å²) in [6, 6.07) is 2.74. The van der Waals surface area contributed by atoms with Crippen LogP contribution in [0.1, 0.15) is 62.0 Å². The fraction of sp³-hybridized carbons (Fsp3) is 0.300. The van der Waals surface area contributed by atoms with E-state index in [1.807, 2.05) is 0 Å². The predicted octanol–water partition coefficient (Wildman–Crippen LogP) is 0.257. The summed E-state index contributed by atoms with van der Waals surface area (Å²) in [5.41, 5.74) is 0.738. The first-order valence-corrected chi connectivity index (χ1v) is 15.0. The lowest BCUT2D eigenvalue weighted by Gasteiger charge is -2.06. The van der Waals surface area contributed by atoms with Crippen LogP contribution in [0.3, 0.4) is 0 Å². The number of hydrogen-bond acceptors (Lipinski definition) is 9. The number of carboxylic acid groups (broad SMARTS) is 1. The standard InChI is InChI=1S/C30H36N12O8/c1-16(43)31-8-6-23(44)35-21-14-41(4)25(37-21)28(47)33-17-10-19(39(2)12-17)27(46)32-9-7-24(45)36-22-15-42(5)26(38-22)29(48)34-18-11-20(30(49)50)40(3)13-18/h10-15H,6-9H2,1-5H3,(H,31,43)(H,32,46)(H,33,47)(H,34,48)(H,35,44)(H,36,45)(H,49,50). The van der Waals surface area contributed by atoms with Gasteiger partial charge < -0.3 is 55.3 Å². The number of nitrogens with one attached hydrogen (secondary N) is 6. The first kappa shape index (κ1) is 36.1. The Kier molecular flexibility index (Phi) is 11.2. The van der Waals surface area contributed by atoms with E-state index < -0.39 is 35.5 Å². The summed E-state index contributed by atoms with van der Waals surface area (Å²) in [6.07, 6.45) is 5.75. The molecule has 4 rings (SSSR count). The third kappa shape index (κ3) is 9.20. The van der Waals surface area contributed by atoms with Crippen molar-refractivity contribution in [3.8, 4) is 0 Å². The fourth-order valence-corrected chi connectivity index (χ4v) is 4.70. The molecule has 4 heterocycles. The van der Waals surface area contributed by atoms with Gasteiger partial charge in [0.05, 0.1) is 11.4 Å². The maximum atomic E-state index is 12.9. The van der Waals surface area contributed by atoms with Crippen LogP contribution in [0.2, 0.25) is 0 Å². The highest BCUT2D eigenvalue weighted by atomic mass is 16.4. The number of aromatic nitrogens is 6. The third-order valence-corrected chi connectivity index (χ3v) is 7.03. The summed E-state index contributed by atoms with van der Waals surface area (Å²) in [4.78, 5) is 93.5. The molecule has 0 aliphatic carbocycles. The molecule has 0 fully saturated rings. The predicted molar refractivity (Wildman–Crippen MR) is 178 cm³/mol. The number of aryl methyl sites for hydroxylation is 4. The molecule has 20 nitrogen and oxygen atoms in total. The van der Waals surface area contributed by atoms with Gasteiger partial charge in [-0.15, -0.1) is 0 Å². The number of anilines is 4. The van der Waals surface area contributed by atoms with E-state index in [1.165, 1.54) is 69.2 Å². The molecule has 0 atom stereocenters. The zero-order chi connectivity index (χ0) is 36.7. The van der Waals surface area contributed by atoms with Crippen molar-refractivity contribution in [3.63, 3.8) is 0 Å². The highest BCUT2D eigenvalue weighted by Crippen LogP contribution is 2.17. The van der Waals surface area contributed by atoms with E-state index in [0.717, 1.165) is 0 Å². The molecular weight excluding hydrogens is 656 g/mol. The molecule has 7 N–H and O–H groups in total. The number of hydrogen-bond donors (Lipinski definition) is 7. The summed E-state index contributed by atoms with van der Waals surface area (Å²) in [5, 5.41) is 24.7. The molecule has 0 spiro atoms. The summed E-state index contributed by atoms with van der Waals surface area (Å²) in [7, 11) is 6.25. The SMILES string of the molecule is CC(=O)NCCC(=O)Nc1cn(C)c(C(=O)Nc2cc(C(=O)NCCC(=O)Nc3cn(C)c(C(=O)Nc4cc(C(=O)O)n(C)c4)n3)n(C)c2)n1. The van der Waals surface area contributed by atoms with Crippen LogP contribution >= 0.6 is 0 Å². The van der Waals surface area contributed by atoms with E-state index in [1.54, 1.807) is 21.1 Å². The molecule has 6 amide bonds. The van der Waals surface area contributed by atoms with Crippen molar-refractivity contribution in [1.29, 1.82) is 0 Å². The minimum absolute atomic E-state index is 0.00536. The quantitative estimate of drug-likeness (QED) is 0.0948. The zero-order valence-corrected chi connectivity index (χ0v) is 27.8. The van der Waals surface area contributed by atoms with Crippen LogP contribution in [0, 0.1) is 0 Å². The number of nitrogens with zero attached hydrogens (tertiary/aromatic N) is 6. The molecule has 0 saturated carbocycles. The van der Waals surface area contributed by atoms with Crippen molar-refractivity contribution in [2.24, 2.45) is 28.2 Å². The monoisotopic (exact) mass is 692 g/mol. The Hall–Kier alpha value is -6.73. The van der Waals surface area contributed by atoms with Gasteiger partial charge in [-0.1, -0.05) is 0 Å². The Balaban J connectivity index is 1.25. The fourth-order valence-electron chi connectivity index (χ4n) is 4.70.